The molecule has 4 aliphatic rings. The van der Waals surface area contributed by atoms with Crippen LogP contribution in [-0.4, -0.2) is 0 Å². The van der Waals surface area contributed by atoms with Crippen LogP contribution in [-0.2, 0) is 38.7 Å². The molecule has 3 heteroatoms. The summed E-state index contributed by atoms with van der Waals surface area (Å²) >= 11 is 0. The normalized spacial score (nSPS) is 15.3. The Morgan fingerprint density at radius 2 is 0.977 bits per heavy atom. The van der Waals surface area contributed by atoms with Gasteiger partial charge in [-0.3, -0.25) is 0 Å². The van der Waals surface area contributed by atoms with Crippen LogP contribution >= 0.6 is 0 Å². The molecule has 4 aromatic rings. The second kappa shape index (κ2) is 12.0. The molecule has 0 nitrogen and oxygen atoms in total. The van der Waals surface area contributed by atoms with Gasteiger partial charge in [0.1, 0.15) is 0 Å². The third-order valence-corrected chi connectivity index (χ3v) is 9.82. The van der Waals surface area contributed by atoms with Crippen molar-refractivity contribution in [2.24, 2.45) is 0 Å². The molecule has 212 valence electrons. The number of hydrogen-bond acceptors (Lipinski definition) is 0. The van der Waals surface area contributed by atoms with Crippen molar-refractivity contribution in [2.45, 2.75) is 53.4 Å². The Hall–Kier alpha value is -2.71. The van der Waals surface area contributed by atoms with Gasteiger partial charge in [0, 0.05) is 0 Å². The predicted octanol–water partition coefficient (Wildman–Crippen LogP) is 0.680. The number of rotatable bonds is 3. The summed E-state index contributed by atoms with van der Waals surface area (Å²) in [7, 11) is 0. The van der Waals surface area contributed by atoms with Gasteiger partial charge in [-0.25, -0.2) is 0 Å². The maximum absolute atomic E-state index is 2.45. The maximum atomic E-state index is 2.45. The van der Waals surface area contributed by atoms with E-state index in [0.29, 0.717) is 0 Å². The van der Waals surface area contributed by atoms with Gasteiger partial charge in [-0.2, -0.15) is 0 Å². The van der Waals surface area contributed by atoms with Crippen LogP contribution in [0.4, 0.5) is 0 Å². The van der Waals surface area contributed by atoms with E-state index in [9.17, 15) is 0 Å². The molecule has 0 saturated heterocycles. The number of aryl methyl sites for hydroxylation is 6. The number of benzene rings is 4. The van der Waals surface area contributed by atoms with E-state index in [1.54, 1.807) is 0 Å². The summed E-state index contributed by atoms with van der Waals surface area (Å²) in [6.07, 6.45) is 22.6. The Labute approximate surface area is 285 Å². The van der Waals surface area contributed by atoms with E-state index >= 15 is 0 Å². The predicted molar refractivity (Wildman–Crippen MR) is 172 cm³/mol. The molecule has 0 saturated carbocycles. The molecule has 43 heavy (non-hydrogen) atoms. The zero-order valence-corrected chi connectivity index (χ0v) is 30.3. The number of allylic oxidation sites excluding steroid dienone is 8. The Morgan fingerprint density at radius 3 is 1.40 bits per heavy atom. The zero-order chi connectivity index (χ0) is 27.1. The van der Waals surface area contributed by atoms with Gasteiger partial charge in [0.15, 0.2) is 0 Å². The van der Waals surface area contributed by atoms with Crippen LogP contribution in [0.15, 0.2) is 84.0 Å². The van der Waals surface area contributed by atoms with E-state index < -0.39 is 0 Å². The van der Waals surface area contributed by atoms with Crippen LogP contribution in [0.5, 0.6) is 0 Å². The second-order valence-electron chi connectivity index (χ2n) is 12.1. The number of fused-ring (bicyclic) bond motifs is 8. The van der Waals surface area contributed by atoms with E-state index in [1.807, 2.05) is 0 Å². The molecule has 0 amide bonds. The van der Waals surface area contributed by atoms with Gasteiger partial charge in [0.2, 0.25) is 0 Å². The van der Waals surface area contributed by atoms with Crippen LogP contribution in [0.3, 0.4) is 0 Å². The van der Waals surface area contributed by atoms with Crippen molar-refractivity contribution in [3.8, 4) is 0 Å². The topological polar surface area (TPSA) is 0 Å². The molecule has 4 aromatic carbocycles. The van der Waals surface area contributed by atoms with Crippen LogP contribution in [0.1, 0.15) is 46.2 Å². The van der Waals surface area contributed by atoms with Crippen molar-refractivity contribution in [2.75, 3.05) is 0 Å². The first kappa shape index (κ1) is 31.7. The summed E-state index contributed by atoms with van der Waals surface area (Å²) in [4.78, 5) is 0. The van der Waals surface area contributed by atoms with Gasteiger partial charge in [-0.1, -0.05) is 72.9 Å². The van der Waals surface area contributed by atoms with Crippen molar-refractivity contribution in [1.29, 1.82) is 0 Å². The third-order valence-electron chi connectivity index (χ3n) is 9.82. The summed E-state index contributed by atoms with van der Waals surface area (Å²) in [5.74, 6) is 0. The Morgan fingerprint density at radius 1 is 0.558 bits per heavy atom. The third kappa shape index (κ3) is 4.84. The van der Waals surface area contributed by atoms with Crippen molar-refractivity contribution in [1.82, 2.24) is 0 Å². The van der Waals surface area contributed by atoms with E-state index in [4.69, 9.17) is 0 Å². The Bertz CT molecular complexity index is 2080. The van der Waals surface area contributed by atoms with Gasteiger partial charge in [0.25, 0.3) is 0 Å². The van der Waals surface area contributed by atoms with E-state index in [2.05, 4.69) is 113 Å². The molecule has 0 unspecified atom stereocenters. The summed E-state index contributed by atoms with van der Waals surface area (Å²) in [6, 6.07) is 14.3. The first-order chi connectivity index (χ1) is 19.5. The minimum Gasteiger partial charge on any atom is -1.00 e. The molecule has 0 fully saturated rings. The fraction of sp³-hybridized carbons (Fsp3) is 0.200. The molecule has 0 atom stereocenters. The van der Waals surface area contributed by atoms with Crippen molar-refractivity contribution in [3.05, 3.63) is 138 Å². The molecule has 0 aliphatic heterocycles. The smallest absolute Gasteiger partial charge is 1.00 e. The van der Waals surface area contributed by atoms with Crippen LogP contribution in [0.2, 0.25) is 0 Å². The molecule has 0 bridgehead atoms. The molecule has 0 radical (unpaired) electrons. The fourth-order valence-electron chi connectivity index (χ4n) is 7.75. The summed E-state index contributed by atoms with van der Waals surface area (Å²) in [5, 5.41) is 11.5. The van der Waals surface area contributed by atoms with Crippen LogP contribution in [0.25, 0.3) is 44.8 Å². The number of halogens is 2. The summed E-state index contributed by atoms with van der Waals surface area (Å²) in [5.41, 5.74) is 14.4. The van der Waals surface area contributed by atoms with Crippen molar-refractivity contribution >= 4 is 44.8 Å². The monoisotopic (exact) mass is 764 g/mol. The van der Waals surface area contributed by atoms with E-state index in [0.717, 1.165) is 25.7 Å². The average Bonchev–Trinajstić information content (AvgIpc) is 3.51. The molecule has 8 rings (SSSR count). The van der Waals surface area contributed by atoms with Crippen LogP contribution in [0, 0.1) is 27.7 Å². The first-order valence-corrected chi connectivity index (χ1v) is 14.8. The summed E-state index contributed by atoms with van der Waals surface area (Å²) < 4.78 is 0. The molecule has 0 aromatic heterocycles. The van der Waals surface area contributed by atoms with Gasteiger partial charge < -0.3 is 24.8 Å². The molecule has 0 N–H and O–H groups in total. The maximum Gasteiger partial charge on any atom is 2.00 e. The molecular formula is C40H34Cl2Hf. The Kier molecular flexibility index (Phi) is 8.85. The van der Waals surface area contributed by atoms with Crippen molar-refractivity contribution < 1.29 is 50.7 Å². The minimum atomic E-state index is 0. The number of hydrogen-bond donors (Lipinski definition) is 0. The van der Waals surface area contributed by atoms with E-state index in [1.165, 1.54) is 98.1 Å². The quantitative estimate of drug-likeness (QED) is 0.270. The van der Waals surface area contributed by atoms with Gasteiger partial charge >= 0.3 is 25.8 Å². The zero-order valence-electron chi connectivity index (χ0n) is 25.2. The first-order valence-electron chi connectivity index (χ1n) is 14.8. The largest absolute Gasteiger partial charge is 2.00 e. The second-order valence-corrected chi connectivity index (χ2v) is 12.1. The molecule has 0 heterocycles. The van der Waals surface area contributed by atoms with Crippen molar-refractivity contribution in [3.63, 3.8) is 0 Å². The van der Waals surface area contributed by atoms with Gasteiger partial charge in [-0.05, 0) is 164 Å². The Balaban J connectivity index is 0.00000123. The van der Waals surface area contributed by atoms with Gasteiger partial charge in [0.05, 0.1) is 0 Å². The molecule has 4 aliphatic carbocycles. The minimum absolute atomic E-state index is 0. The van der Waals surface area contributed by atoms with E-state index in [-0.39, 0.29) is 50.7 Å². The molecule has 0 spiro atoms. The standard InChI is InChI=1S/C40H34.2ClH.Hf/c1-23-13-15-31-25(3)19-35-33-11-7-5-9-27(33)21-37(35)39(31)29(23)17-18-30-24(2)14-16-32-26(4)20-36-34-12-8-6-10-28(34)22-38(36)40(30)32;;;/h5-10,13-16,19-22H,11-12,17-18H2,1-4H3;2*1H;/q;;;+2/p-2. The average molecular weight is 764 g/mol. The summed E-state index contributed by atoms with van der Waals surface area (Å²) in [6.45, 7) is 9.21. The van der Waals surface area contributed by atoms with Crippen LogP contribution < -0.4 is 45.7 Å². The SMILES string of the molecule is Cc1ccc2c(C)cc3c(c2c1CCc1c(C)ccc2c(C)cc4c(c12)=CC1=CC=CCC=41)=CC1=CC=CCC=31.[Cl-].[Cl-].[Hf+2]. The van der Waals surface area contributed by atoms with Gasteiger partial charge in [-0.15, -0.1) is 0 Å². The molecular weight excluding hydrogens is 730 g/mol. The fourth-order valence-corrected chi connectivity index (χ4v) is 7.75.